The average Bonchev–Trinajstić information content (AvgIpc) is 3.13. The van der Waals surface area contributed by atoms with Crippen LogP contribution in [0.5, 0.6) is 0 Å². The van der Waals surface area contributed by atoms with Crippen molar-refractivity contribution in [1.29, 1.82) is 0 Å². The summed E-state index contributed by atoms with van der Waals surface area (Å²) in [5.74, 6) is 0.946. The van der Waals surface area contributed by atoms with Crippen LogP contribution in [0.15, 0.2) is 48.8 Å². The number of nitrogens with zero attached hydrogens (tertiary/aromatic N) is 4. The summed E-state index contributed by atoms with van der Waals surface area (Å²) in [6.07, 6.45) is 4.30. The third-order valence-corrected chi connectivity index (χ3v) is 4.32. The molecule has 0 aliphatic carbocycles. The molecule has 0 amide bonds. The van der Waals surface area contributed by atoms with E-state index in [0.29, 0.717) is 6.04 Å². The van der Waals surface area contributed by atoms with Crippen LogP contribution >= 0.6 is 0 Å². The lowest BCUT2D eigenvalue weighted by Crippen LogP contribution is -2.18. The number of rotatable bonds is 2. The largest absolute Gasteiger partial charge is 0.298 e. The molecule has 2 aromatic heterocycles. The molecule has 0 radical (unpaired) electrons. The van der Waals surface area contributed by atoms with Gasteiger partial charge in [0.2, 0.25) is 0 Å². The van der Waals surface area contributed by atoms with Crippen LogP contribution in [-0.4, -0.2) is 33.0 Å². The van der Waals surface area contributed by atoms with E-state index in [9.17, 15) is 0 Å². The summed E-state index contributed by atoms with van der Waals surface area (Å²) >= 11 is 0. The van der Waals surface area contributed by atoms with Gasteiger partial charge in [0.25, 0.3) is 0 Å². The normalized spacial score (nSPS) is 19.4. The van der Waals surface area contributed by atoms with Crippen molar-refractivity contribution in [1.82, 2.24) is 19.4 Å². The van der Waals surface area contributed by atoms with Crippen molar-refractivity contribution >= 4 is 11.0 Å². The van der Waals surface area contributed by atoms with Crippen molar-refractivity contribution in [3.05, 3.63) is 54.5 Å². The Morgan fingerprint density at radius 1 is 1.10 bits per heavy atom. The number of fused-ring (bicyclic) bond motifs is 1. The molecule has 0 saturated carbocycles. The van der Waals surface area contributed by atoms with Gasteiger partial charge in [0.05, 0.1) is 22.8 Å². The van der Waals surface area contributed by atoms with Gasteiger partial charge in [-0.05, 0) is 50.7 Å². The van der Waals surface area contributed by atoms with Gasteiger partial charge in [0, 0.05) is 0 Å². The van der Waals surface area contributed by atoms with Gasteiger partial charge in [-0.2, -0.15) is 0 Å². The van der Waals surface area contributed by atoms with Gasteiger partial charge in [0.1, 0.15) is 12.1 Å². The minimum Gasteiger partial charge on any atom is -0.298 e. The molecule has 4 heteroatoms. The van der Waals surface area contributed by atoms with E-state index in [1.54, 1.807) is 0 Å². The second-order valence-corrected chi connectivity index (χ2v) is 5.66. The van der Waals surface area contributed by atoms with Crippen LogP contribution in [0, 0.1) is 0 Å². The molecule has 1 aromatic carbocycles. The molecule has 1 atom stereocenters. The van der Waals surface area contributed by atoms with Crippen molar-refractivity contribution < 1.29 is 0 Å². The summed E-state index contributed by atoms with van der Waals surface area (Å²) < 4.78 is 2.06. The quantitative estimate of drug-likeness (QED) is 0.722. The molecule has 106 valence electrons. The second-order valence-electron chi connectivity index (χ2n) is 5.66. The topological polar surface area (TPSA) is 34.0 Å². The molecule has 3 aromatic rings. The van der Waals surface area contributed by atoms with Crippen LogP contribution in [0.2, 0.25) is 0 Å². The highest BCUT2D eigenvalue weighted by Crippen LogP contribution is 2.29. The van der Waals surface area contributed by atoms with Crippen LogP contribution in [0.1, 0.15) is 24.6 Å². The fraction of sp³-hybridized carbons (Fsp3) is 0.294. The number of hydrogen-bond donors (Lipinski definition) is 0. The third kappa shape index (κ3) is 2.12. The summed E-state index contributed by atoms with van der Waals surface area (Å²) in [6.45, 7) is 1.16. The van der Waals surface area contributed by atoms with E-state index in [2.05, 4.69) is 39.7 Å². The van der Waals surface area contributed by atoms with Gasteiger partial charge in [0.15, 0.2) is 0 Å². The van der Waals surface area contributed by atoms with E-state index in [1.165, 1.54) is 12.8 Å². The maximum absolute atomic E-state index is 4.88. The standard InChI is InChI=1S/C17H18N4/c1-20-11-5-9-15(20)14-7-4-10-17(19-14)21-12-18-13-6-2-3-8-16(13)21/h2-4,6-8,10,12,15H,5,9,11H2,1H3. The number of hydrogen-bond acceptors (Lipinski definition) is 3. The van der Waals surface area contributed by atoms with Crippen LogP contribution in [-0.2, 0) is 0 Å². The van der Waals surface area contributed by atoms with Crippen molar-refractivity contribution in [2.75, 3.05) is 13.6 Å². The van der Waals surface area contributed by atoms with E-state index >= 15 is 0 Å². The molecule has 1 saturated heterocycles. The smallest absolute Gasteiger partial charge is 0.138 e. The zero-order valence-electron chi connectivity index (χ0n) is 12.1. The lowest BCUT2D eigenvalue weighted by molar-refractivity contribution is 0.312. The van der Waals surface area contributed by atoms with Gasteiger partial charge in [-0.1, -0.05) is 18.2 Å². The average molecular weight is 278 g/mol. The Kier molecular flexibility index (Phi) is 2.97. The first-order chi connectivity index (χ1) is 10.3. The summed E-state index contributed by atoms with van der Waals surface area (Å²) in [6, 6.07) is 14.9. The molecular weight excluding hydrogens is 260 g/mol. The molecule has 0 spiro atoms. The van der Waals surface area contributed by atoms with Crippen LogP contribution in [0.3, 0.4) is 0 Å². The van der Waals surface area contributed by atoms with Gasteiger partial charge < -0.3 is 0 Å². The number of imidazole rings is 1. The summed E-state index contributed by atoms with van der Waals surface area (Å²) in [4.78, 5) is 11.7. The third-order valence-electron chi connectivity index (χ3n) is 4.32. The summed E-state index contributed by atoms with van der Waals surface area (Å²) in [5, 5.41) is 0. The Labute approximate surface area is 124 Å². The lowest BCUT2D eigenvalue weighted by Gasteiger charge is -2.19. The molecule has 4 rings (SSSR count). The van der Waals surface area contributed by atoms with Gasteiger partial charge in [-0.25, -0.2) is 9.97 Å². The van der Waals surface area contributed by atoms with E-state index < -0.39 is 0 Å². The highest BCUT2D eigenvalue weighted by atomic mass is 15.2. The fourth-order valence-corrected chi connectivity index (χ4v) is 3.19. The molecule has 4 nitrogen and oxygen atoms in total. The first-order valence-corrected chi connectivity index (χ1v) is 7.42. The maximum atomic E-state index is 4.88. The number of para-hydroxylation sites is 2. The molecule has 0 bridgehead atoms. The molecule has 3 heterocycles. The van der Waals surface area contributed by atoms with Crippen molar-refractivity contribution in [2.24, 2.45) is 0 Å². The van der Waals surface area contributed by atoms with Gasteiger partial charge in [-0.15, -0.1) is 0 Å². The highest BCUT2D eigenvalue weighted by molar-refractivity contribution is 5.76. The van der Waals surface area contributed by atoms with E-state index in [4.69, 9.17) is 4.98 Å². The Balaban J connectivity index is 1.79. The van der Waals surface area contributed by atoms with E-state index in [-0.39, 0.29) is 0 Å². The molecule has 1 fully saturated rings. The van der Waals surface area contributed by atoms with Crippen molar-refractivity contribution in [2.45, 2.75) is 18.9 Å². The first-order valence-electron chi connectivity index (χ1n) is 7.42. The van der Waals surface area contributed by atoms with Gasteiger partial charge in [-0.3, -0.25) is 9.47 Å². The Bertz CT molecular complexity index is 777. The van der Waals surface area contributed by atoms with E-state index in [1.807, 2.05) is 30.6 Å². The molecule has 1 aliphatic rings. The van der Waals surface area contributed by atoms with Crippen LogP contribution < -0.4 is 0 Å². The molecule has 1 aliphatic heterocycles. The molecule has 1 unspecified atom stereocenters. The number of benzene rings is 1. The highest BCUT2D eigenvalue weighted by Gasteiger charge is 2.23. The first kappa shape index (κ1) is 12.5. The predicted octanol–water partition coefficient (Wildman–Crippen LogP) is 3.19. The van der Waals surface area contributed by atoms with Crippen LogP contribution in [0.25, 0.3) is 16.9 Å². The molecule has 21 heavy (non-hydrogen) atoms. The molecular formula is C17H18N4. The van der Waals surface area contributed by atoms with Crippen molar-refractivity contribution in [3.63, 3.8) is 0 Å². The Morgan fingerprint density at radius 3 is 2.86 bits per heavy atom. The second kappa shape index (κ2) is 4.97. The zero-order valence-corrected chi connectivity index (χ0v) is 12.1. The predicted molar refractivity (Wildman–Crippen MR) is 83.5 cm³/mol. The lowest BCUT2D eigenvalue weighted by atomic mass is 10.1. The SMILES string of the molecule is CN1CCCC1c1cccc(-n2cnc3ccccc32)n1. The fourth-order valence-electron chi connectivity index (χ4n) is 3.19. The van der Waals surface area contributed by atoms with E-state index in [0.717, 1.165) is 29.1 Å². The number of aromatic nitrogens is 3. The zero-order chi connectivity index (χ0) is 14.2. The Morgan fingerprint density at radius 2 is 2.00 bits per heavy atom. The summed E-state index contributed by atoms with van der Waals surface area (Å²) in [5.41, 5.74) is 3.26. The van der Waals surface area contributed by atoms with Crippen LogP contribution in [0.4, 0.5) is 0 Å². The minimum atomic E-state index is 0.444. The minimum absolute atomic E-state index is 0.444. The van der Waals surface area contributed by atoms with Gasteiger partial charge >= 0.3 is 0 Å². The number of pyridine rings is 1. The maximum Gasteiger partial charge on any atom is 0.138 e. The summed E-state index contributed by atoms with van der Waals surface area (Å²) in [7, 11) is 2.18. The van der Waals surface area contributed by atoms with Crippen molar-refractivity contribution in [3.8, 4) is 5.82 Å². The Hall–Kier alpha value is -2.20. The number of likely N-dealkylation sites (tertiary alicyclic amines) is 1. The molecule has 0 N–H and O–H groups in total. The monoisotopic (exact) mass is 278 g/mol.